The first kappa shape index (κ1) is 15.1. The number of carbonyl (C=O) groups excluding carboxylic acids is 1. The van der Waals surface area contributed by atoms with Gasteiger partial charge < -0.3 is 9.47 Å². The highest BCUT2D eigenvalue weighted by Crippen LogP contribution is 2.20. The molecule has 3 nitrogen and oxygen atoms in total. The van der Waals surface area contributed by atoms with Gasteiger partial charge in [-0.3, -0.25) is 4.79 Å². The van der Waals surface area contributed by atoms with Crippen LogP contribution in [0.3, 0.4) is 0 Å². The molecule has 19 heavy (non-hydrogen) atoms. The van der Waals surface area contributed by atoms with E-state index >= 15 is 0 Å². The van der Waals surface area contributed by atoms with Crippen LogP contribution in [0.15, 0.2) is 24.3 Å². The SMILES string of the molecule is CCCCC#CC(OC(C)=O)c1ccc(OC)cc1. The Hall–Kier alpha value is -1.95. The molecule has 0 saturated heterocycles. The summed E-state index contributed by atoms with van der Waals surface area (Å²) in [6.45, 7) is 3.51. The maximum absolute atomic E-state index is 11.1. The average Bonchev–Trinajstić information content (AvgIpc) is 2.42. The van der Waals surface area contributed by atoms with Crippen molar-refractivity contribution in [2.75, 3.05) is 7.11 Å². The van der Waals surface area contributed by atoms with Crippen molar-refractivity contribution < 1.29 is 14.3 Å². The van der Waals surface area contributed by atoms with Crippen molar-refractivity contribution in [1.82, 2.24) is 0 Å². The summed E-state index contributed by atoms with van der Waals surface area (Å²) in [5.41, 5.74) is 0.861. The fourth-order valence-electron chi connectivity index (χ4n) is 1.56. The zero-order chi connectivity index (χ0) is 14.1. The van der Waals surface area contributed by atoms with E-state index in [2.05, 4.69) is 18.8 Å². The number of hydrogen-bond acceptors (Lipinski definition) is 3. The van der Waals surface area contributed by atoms with Crippen molar-refractivity contribution in [2.45, 2.75) is 39.2 Å². The number of benzene rings is 1. The minimum absolute atomic E-state index is 0.328. The Labute approximate surface area is 114 Å². The van der Waals surface area contributed by atoms with Gasteiger partial charge in [-0.2, -0.15) is 0 Å². The third-order valence-electron chi connectivity index (χ3n) is 2.59. The summed E-state index contributed by atoms with van der Waals surface area (Å²) < 4.78 is 10.3. The summed E-state index contributed by atoms with van der Waals surface area (Å²) in [5.74, 6) is 6.51. The lowest BCUT2D eigenvalue weighted by atomic mass is 10.1. The highest BCUT2D eigenvalue weighted by Gasteiger charge is 2.11. The van der Waals surface area contributed by atoms with Crippen LogP contribution in [0.25, 0.3) is 0 Å². The van der Waals surface area contributed by atoms with Crippen LogP contribution in [0.2, 0.25) is 0 Å². The Morgan fingerprint density at radius 3 is 2.53 bits per heavy atom. The van der Waals surface area contributed by atoms with E-state index in [1.807, 2.05) is 24.3 Å². The summed E-state index contributed by atoms with van der Waals surface area (Å²) in [6.07, 6.45) is 2.49. The molecule has 0 aliphatic heterocycles. The van der Waals surface area contributed by atoms with E-state index in [1.165, 1.54) is 6.92 Å². The Morgan fingerprint density at radius 1 is 1.32 bits per heavy atom. The second-order valence-electron chi connectivity index (χ2n) is 4.19. The minimum atomic E-state index is -0.500. The summed E-state index contributed by atoms with van der Waals surface area (Å²) in [6, 6.07) is 7.39. The molecular weight excluding hydrogens is 240 g/mol. The molecule has 1 atom stereocenters. The van der Waals surface area contributed by atoms with Crippen molar-refractivity contribution in [3.8, 4) is 17.6 Å². The molecule has 1 aromatic rings. The van der Waals surface area contributed by atoms with Gasteiger partial charge in [0.1, 0.15) is 5.75 Å². The van der Waals surface area contributed by atoms with Crippen molar-refractivity contribution in [3.05, 3.63) is 29.8 Å². The Kier molecular flexibility index (Phi) is 6.52. The molecule has 0 fully saturated rings. The summed E-state index contributed by atoms with van der Waals surface area (Å²) in [5, 5.41) is 0. The van der Waals surface area contributed by atoms with E-state index < -0.39 is 6.10 Å². The molecule has 102 valence electrons. The maximum Gasteiger partial charge on any atom is 0.304 e. The van der Waals surface area contributed by atoms with Crippen molar-refractivity contribution in [2.24, 2.45) is 0 Å². The topological polar surface area (TPSA) is 35.5 Å². The van der Waals surface area contributed by atoms with Crippen LogP contribution in [0, 0.1) is 11.8 Å². The van der Waals surface area contributed by atoms with Crippen LogP contribution in [-0.2, 0) is 9.53 Å². The average molecular weight is 260 g/mol. The maximum atomic E-state index is 11.1. The van der Waals surface area contributed by atoms with Gasteiger partial charge >= 0.3 is 5.97 Å². The molecule has 1 rings (SSSR count). The van der Waals surface area contributed by atoms with Gasteiger partial charge in [0.2, 0.25) is 0 Å². The molecule has 0 aromatic heterocycles. The molecule has 0 aliphatic rings. The van der Waals surface area contributed by atoms with Gasteiger partial charge in [0.15, 0.2) is 6.10 Å². The van der Waals surface area contributed by atoms with Gasteiger partial charge in [-0.05, 0) is 18.6 Å². The van der Waals surface area contributed by atoms with E-state index in [0.717, 1.165) is 30.6 Å². The summed E-state index contributed by atoms with van der Waals surface area (Å²) >= 11 is 0. The number of hydrogen-bond donors (Lipinski definition) is 0. The van der Waals surface area contributed by atoms with Gasteiger partial charge in [-0.25, -0.2) is 0 Å². The number of methoxy groups -OCH3 is 1. The molecule has 0 N–H and O–H groups in total. The van der Waals surface area contributed by atoms with Crippen LogP contribution in [-0.4, -0.2) is 13.1 Å². The molecule has 0 bridgehead atoms. The van der Waals surface area contributed by atoms with Gasteiger partial charge in [-0.1, -0.05) is 37.3 Å². The van der Waals surface area contributed by atoms with Gasteiger partial charge in [0.05, 0.1) is 7.11 Å². The first-order chi connectivity index (χ1) is 9.17. The van der Waals surface area contributed by atoms with Crippen LogP contribution in [0.1, 0.15) is 44.8 Å². The van der Waals surface area contributed by atoms with E-state index in [4.69, 9.17) is 9.47 Å². The normalized spacial score (nSPS) is 11.1. The first-order valence-corrected chi connectivity index (χ1v) is 6.47. The lowest BCUT2D eigenvalue weighted by Crippen LogP contribution is -2.06. The quantitative estimate of drug-likeness (QED) is 0.462. The fourth-order valence-corrected chi connectivity index (χ4v) is 1.56. The molecular formula is C16H20O3. The smallest absolute Gasteiger partial charge is 0.304 e. The molecule has 0 heterocycles. The summed E-state index contributed by atoms with van der Waals surface area (Å²) in [7, 11) is 1.61. The number of rotatable bonds is 5. The predicted molar refractivity (Wildman–Crippen MR) is 74.8 cm³/mol. The van der Waals surface area contributed by atoms with Gasteiger partial charge in [0, 0.05) is 18.9 Å². The molecule has 1 unspecified atom stereocenters. The Morgan fingerprint density at radius 2 is 2.00 bits per heavy atom. The molecule has 1 aromatic carbocycles. The second kappa shape index (κ2) is 8.20. The number of carbonyl (C=O) groups is 1. The summed E-state index contributed by atoms with van der Waals surface area (Å²) in [4.78, 5) is 11.1. The molecule has 0 spiro atoms. The van der Waals surface area contributed by atoms with E-state index in [-0.39, 0.29) is 5.97 Å². The van der Waals surface area contributed by atoms with Gasteiger partial charge in [-0.15, -0.1) is 0 Å². The highest BCUT2D eigenvalue weighted by molar-refractivity contribution is 5.66. The lowest BCUT2D eigenvalue weighted by molar-refractivity contribution is -0.144. The minimum Gasteiger partial charge on any atom is -0.497 e. The predicted octanol–water partition coefficient (Wildman–Crippen LogP) is 3.49. The molecule has 3 heteroatoms. The van der Waals surface area contributed by atoms with Crippen molar-refractivity contribution in [1.29, 1.82) is 0 Å². The Bertz CT molecular complexity index is 451. The standard InChI is InChI=1S/C16H20O3/c1-4-5-6-7-8-16(19-13(2)17)14-9-11-15(18-3)12-10-14/h9-12,16H,4-6H2,1-3H3. The molecule has 0 saturated carbocycles. The zero-order valence-corrected chi connectivity index (χ0v) is 11.7. The van der Waals surface area contributed by atoms with Crippen molar-refractivity contribution >= 4 is 5.97 Å². The fraction of sp³-hybridized carbons (Fsp3) is 0.438. The van der Waals surface area contributed by atoms with Gasteiger partial charge in [0.25, 0.3) is 0 Å². The number of ether oxygens (including phenoxy) is 2. The van der Waals surface area contributed by atoms with E-state index in [9.17, 15) is 4.79 Å². The Balaban J connectivity index is 2.81. The van der Waals surface area contributed by atoms with Crippen LogP contribution in [0.5, 0.6) is 5.75 Å². The zero-order valence-electron chi connectivity index (χ0n) is 11.7. The van der Waals surface area contributed by atoms with Crippen LogP contribution in [0.4, 0.5) is 0 Å². The molecule has 0 radical (unpaired) electrons. The largest absolute Gasteiger partial charge is 0.497 e. The van der Waals surface area contributed by atoms with Crippen LogP contribution < -0.4 is 4.74 Å². The van der Waals surface area contributed by atoms with Crippen LogP contribution >= 0.6 is 0 Å². The van der Waals surface area contributed by atoms with E-state index in [0.29, 0.717) is 0 Å². The highest BCUT2D eigenvalue weighted by atomic mass is 16.5. The lowest BCUT2D eigenvalue weighted by Gasteiger charge is -2.11. The number of unbranched alkanes of at least 4 members (excludes halogenated alkanes) is 2. The third-order valence-corrected chi connectivity index (χ3v) is 2.59. The second-order valence-corrected chi connectivity index (χ2v) is 4.19. The first-order valence-electron chi connectivity index (χ1n) is 6.47. The third kappa shape index (κ3) is 5.48. The van der Waals surface area contributed by atoms with E-state index in [1.54, 1.807) is 7.11 Å². The van der Waals surface area contributed by atoms with Crippen molar-refractivity contribution in [3.63, 3.8) is 0 Å². The molecule has 0 aliphatic carbocycles. The monoisotopic (exact) mass is 260 g/mol. The molecule has 0 amide bonds. The number of esters is 1.